The van der Waals surface area contributed by atoms with Crippen LogP contribution >= 0.6 is 11.6 Å². The Labute approximate surface area is 139 Å². The maximum atomic E-state index is 12.2. The van der Waals surface area contributed by atoms with Crippen LogP contribution in [0.4, 0.5) is 0 Å². The summed E-state index contributed by atoms with van der Waals surface area (Å²) in [4.78, 5) is 12.7. The van der Waals surface area contributed by atoms with E-state index in [1.807, 2.05) is 0 Å². The molecule has 0 N–H and O–H groups in total. The fourth-order valence-electron chi connectivity index (χ4n) is 2.33. The van der Waals surface area contributed by atoms with Gasteiger partial charge < -0.3 is 14.4 Å². The molecule has 0 fully saturated rings. The molecule has 0 radical (unpaired) electrons. The Kier molecular flexibility index (Phi) is 3.31. The number of nitrogens with zero attached hydrogens (tertiary/aromatic N) is 4. The van der Waals surface area contributed by atoms with Gasteiger partial charge in [-0.25, -0.2) is 9.31 Å². The van der Waals surface area contributed by atoms with Crippen LogP contribution in [0, 0.1) is 5.21 Å². The summed E-state index contributed by atoms with van der Waals surface area (Å²) >= 11 is 5.97. The highest BCUT2D eigenvalue weighted by atomic mass is 35.5. The topological polar surface area (TPSA) is 96.6 Å². The van der Waals surface area contributed by atoms with E-state index in [9.17, 15) is 10.0 Å². The van der Waals surface area contributed by atoms with E-state index in [2.05, 4.69) is 10.2 Å². The number of halogens is 1. The molecule has 24 heavy (non-hydrogen) atoms. The smallest absolute Gasteiger partial charge is 0.344 e. The van der Waals surface area contributed by atoms with E-state index in [1.165, 1.54) is 29.3 Å². The third-order valence-electron chi connectivity index (χ3n) is 3.47. The number of aromatic nitrogens is 4. The van der Waals surface area contributed by atoms with Crippen molar-refractivity contribution in [2.45, 2.75) is 6.61 Å². The van der Waals surface area contributed by atoms with Crippen LogP contribution in [0.1, 0.15) is 15.9 Å². The zero-order chi connectivity index (χ0) is 16.7. The lowest BCUT2D eigenvalue weighted by atomic mass is 10.3. The SMILES string of the molecule is O=C(OCc1ccoc1)c1cnn2c1n[n+]([O-])c1ccc(Cl)cc12. The number of hydrogen-bond acceptors (Lipinski definition) is 6. The van der Waals surface area contributed by atoms with Gasteiger partial charge in [-0.3, -0.25) is 0 Å². The van der Waals surface area contributed by atoms with Gasteiger partial charge in [-0.05, 0) is 23.0 Å². The van der Waals surface area contributed by atoms with Crippen molar-refractivity contribution < 1.29 is 18.8 Å². The summed E-state index contributed by atoms with van der Waals surface area (Å²) in [5, 5.41) is 20.5. The third-order valence-corrected chi connectivity index (χ3v) is 3.71. The zero-order valence-electron chi connectivity index (χ0n) is 12.0. The molecule has 0 aliphatic rings. The van der Waals surface area contributed by atoms with Crippen molar-refractivity contribution >= 4 is 34.3 Å². The van der Waals surface area contributed by atoms with Crippen LogP contribution in [-0.2, 0) is 11.3 Å². The van der Waals surface area contributed by atoms with E-state index in [4.69, 9.17) is 20.8 Å². The van der Waals surface area contributed by atoms with Crippen molar-refractivity contribution in [2.24, 2.45) is 0 Å². The van der Waals surface area contributed by atoms with E-state index >= 15 is 0 Å². The summed E-state index contributed by atoms with van der Waals surface area (Å²) in [5.41, 5.74) is 1.62. The second-order valence-electron chi connectivity index (χ2n) is 5.01. The van der Waals surface area contributed by atoms with Crippen molar-refractivity contribution in [2.75, 3.05) is 0 Å². The number of rotatable bonds is 3. The highest BCUT2D eigenvalue weighted by Crippen LogP contribution is 2.19. The summed E-state index contributed by atoms with van der Waals surface area (Å²) in [5.74, 6) is -0.639. The molecule has 0 amide bonds. The first-order valence-corrected chi connectivity index (χ1v) is 7.26. The minimum Gasteiger partial charge on any atom is -0.594 e. The van der Waals surface area contributed by atoms with Crippen LogP contribution in [-0.4, -0.2) is 20.7 Å². The van der Waals surface area contributed by atoms with Gasteiger partial charge in [0.2, 0.25) is 5.65 Å². The quantitative estimate of drug-likeness (QED) is 0.321. The number of carbonyl (C=O) groups is 1. The van der Waals surface area contributed by atoms with Crippen LogP contribution in [0.3, 0.4) is 0 Å². The first-order chi connectivity index (χ1) is 11.6. The molecule has 0 saturated heterocycles. The summed E-state index contributed by atoms with van der Waals surface area (Å²) in [7, 11) is 0. The lowest BCUT2D eigenvalue weighted by Gasteiger charge is -2.03. The lowest BCUT2D eigenvalue weighted by Crippen LogP contribution is -2.33. The van der Waals surface area contributed by atoms with E-state index in [-0.39, 0.29) is 23.3 Å². The maximum absolute atomic E-state index is 12.2. The van der Waals surface area contributed by atoms with Crippen LogP contribution in [0.25, 0.3) is 16.7 Å². The molecule has 4 aromatic rings. The molecule has 0 atom stereocenters. The molecule has 3 heterocycles. The van der Waals surface area contributed by atoms with Crippen LogP contribution in [0.2, 0.25) is 5.02 Å². The van der Waals surface area contributed by atoms with Gasteiger partial charge in [0, 0.05) is 21.8 Å². The first kappa shape index (κ1) is 14.5. The monoisotopic (exact) mass is 344 g/mol. The summed E-state index contributed by atoms with van der Waals surface area (Å²) in [6.07, 6.45) is 4.26. The van der Waals surface area contributed by atoms with Crippen molar-refractivity contribution in [3.8, 4) is 0 Å². The largest absolute Gasteiger partial charge is 0.594 e. The van der Waals surface area contributed by atoms with E-state index in [0.717, 1.165) is 0 Å². The molecule has 0 bridgehead atoms. The second-order valence-corrected chi connectivity index (χ2v) is 5.44. The predicted octanol–water partition coefficient (Wildman–Crippen LogP) is 2.12. The zero-order valence-corrected chi connectivity index (χ0v) is 12.8. The van der Waals surface area contributed by atoms with E-state index in [1.54, 1.807) is 18.2 Å². The summed E-state index contributed by atoms with van der Waals surface area (Å²) in [6, 6.07) is 6.38. The Bertz CT molecular complexity index is 1060. The highest BCUT2D eigenvalue weighted by molar-refractivity contribution is 6.31. The third kappa shape index (κ3) is 2.33. The van der Waals surface area contributed by atoms with E-state index in [0.29, 0.717) is 20.9 Å². The van der Waals surface area contributed by atoms with Gasteiger partial charge in [0.05, 0.1) is 18.7 Å². The Hall–Kier alpha value is -3.13. The van der Waals surface area contributed by atoms with Gasteiger partial charge in [-0.2, -0.15) is 5.10 Å². The van der Waals surface area contributed by atoms with Crippen LogP contribution < -0.4 is 4.85 Å². The van der Waals surface area contributed by atoms with Crippen molar-refractivity contribution in [1.29, 1.82) is 0 Å². The molecule has 120 valence electrons. The standard InChI is InChI=1S/C15H9ClN4O4/c16-10-1-2-12-13(5-10)19-14(18-20(12)22)11(6-17-19)15(21)24-8-9-3-4-23-7-9/h1-7H,8H2. The predicted molar refractivity (Wildman–Crippen MR) is 82.3 cm³/mol. The molecular formula is C15H9ClN4O4. The number of carbonyl (C=O) groups excluding carboxylic acids is 1. The minimum atomic E-state index is -0.639. The number of furan rings is 1. The Morgan fingerprint density at radius 3 is 3.08 bits per heavy atom. The molecule has 0 saturated carbocycles. The average molecular weight is 345 g/mol. The lowest BCUT2D eigenvalue weighted by molar-refractivity contribution is -0.640. The van der Waals surface area contributed by atoms with Gasteiger partial charge >= 0.3 is 5.97 Å². The van der Waals surface area contributed by atoms with Gasteiger partial charge in [-0.1, -0.05) is 11.6 Å². The first-order valence-electron chi connectivity index (χ1n) is 6.88. The number of esters is 1. The normalized spacial score (nSPS) is 11.2. The molecule has 3 aromatic heterocycles. The molecule has 0 spiro atoms. The molecule has 9 heteroatoms. The maximum Gasteiger partial charge on any atom is 0.344 e. The number of fused-ring (bicyclic) bond motifs is 3. The number of ether oxygens (including phenoxy) is 1. The fourth-order valence-corrected chi connectivity index (χ4v) is 2.49. The number of benzene rings is 1. The molecule has 0 aliphatic carbocycles. The van der Waals surface area contributed by atoms with Crippen LogP contribution in [0.5, 0.6) is 0 Å². The highest BCUT2D eigenvalue weighted by Gasteiger charge is 2.21. The number of hydrogen-bond donors (Lipinski definition) is 0. The average Bonchev–Trinajstić information content (AvgIpc) is 3.22. The van der Waals surface area contributed by atoms with Gasteiger partial charge in [0.25, 0.3) is 5.52 Å². The minimum absolute atomic E-state index is 0.0451. The molecule has 0 aliphatic heterocycles. The van der Waals surface area contributed by atoms with Gasteiger partial charge in [0.15, 0.2) is 0 Å². The molecule has 1 aromatic carbocycles. The Balaban J connectivity index is 1.76. The van der Waals surface area contributed by atoms with Gasteiger partial charge in [-0.15, -0.1) is 0 Å². The van der Waals surface area contributed by atoms with Gasteiger partial charge in [0.1, 0.15) is 17.7 Å². The van der Waals surface area contributed by atoms with Crippen molar-refractivity contribution in [1.82, 2.24) is 14.7 Å². The van der Waals surface area contributed by atoms with E-state index < -0.39 is 5.97 Å². The summed E-state index contributed by atoms with van der Waals surface area (Å²) in [6.45, 7) is 0.0451. The molecule has 0 unspecified atom stereocenters. The van der Waals surface area contributed by atoms with Crippen molar-refractivity contribution in [3.05, 3.63) is 64.3 Å². The molecular weight excluding hydrogens is 336 g/mol. The molecule has 8 nitrogen and oxygen atoms in total. The second kappa shape index (κ2) is 5.50. The Morgan fingerprint density at radius 2 is 2.29 bits per heavy atom. The Morgan fingerprint density at radius 1 is 1.42 bits per heavy atom. The fraction of sp³-hybridized carbons (Fsp3) is 0.0667. The van der Waals surface area contributed by atoms with Crippen LogP contribution in [0.15, 0.2) is 47.4 Å². The molecule has 4 rings (SSSR count). The van der Waals surface area contributed by atoms with Crippen molar-refractivity contribution in [3.63, 3.8) is 0 Å². The summed E-state index contributed by atoms with van der Waals surface area (Å²) < 4.78 is 11.5.